The third kappa shape index (κ3) is 9.11. The predicted octanol–water partition coefficient (Wildman–Crippen LogP) is -1.81. The number of hydrogen-bond donors (Lipinski definition) is 4. The van der Waals surface area contributed by atoms with Crippen molar-refractivity contribution in [2.75, 3.05) is 40.4 Å². The number of likely N-dealkylation sites (N-methyl/N-ethyl adjacent to an activating group) is 1. The predicted molar refractivity (Wildman–Crippen MR) is 71.1 cm³/mol. The van der Waals surface area contributed by atoms with Crippen LogP contribution in [-0.4, -0.2) is 74.4 Å². The van der Waals surface area contributed by atoms with Gasteiger partial charge in [-0.1, -0.05) is 0 Å². The number of nitrogens with two attached hydrogens (primary N) is 1. The van der Waals surface area contributed by atoms with E-state index in [4.69, 9.17) is 15.6 Å². The van der Waals surface area contributed by atoms with Crippen molar-refractivity contribution in [1.29, 1.82) is 0 Å². The smallest absolute Gasteiger partial charge is 0.326 e. The average molecular weight is 290 g/mol. The maximum absolute atomic E-state index is 11.5. The van der Waals surface area contributed by atoms with E-state index in [1.807, 2.05) is 11.9 Å². The number of carboxylic acid groups (broad SMARTS) is 1. The molecule has 0 rings (SSSR count). The van der Waals surface area contributed by atoms with Gasteiger partial charge >= 0.3 is 12.0 Å². The van der Waals surface area contributed by atoms with Gasteiger partial charge < -0.3 is 31.1 Å². The van der Waals surface area contributed by atoms with Crippen molar-refractivity contribution in [2.45, 2.75) is 12.5 Å². The van der Waals surface area contributed by atoms with Gasteiger partial charge in [-0.2, -0.15) is 0 Å². The topological polar surface area (TPSA) is 134 Å². The molecule has 9 heteroatoms. The molecular formula is C11H22N4O5. The van der Waals surface area contributed by atoms with Gasteiger partial charge in [-0.3, -0.25) is 4.79 Å². The van der Waals surface area contributed by atoms with Gasteiger partial charge in [0.15, 0.2) is 0 Å². The summed E-state index contributed by atoms with van der Waals surface area (Å²) in [6.45, 7) is 2.24. The highest BCUT2D eigenvalue weighted by Gasteiger charge is 2.21. The maximum Gasteiger partial charge on any atom is 0.326 e. The summed E-state index contributed by atoms with van der Waals surface area (Å²) in [6.07, 6.45) is -0.448. The Kier molecular flexibility index (Phi) is 9.05. The molecule has 9 nitrogen and oxygen atoms in total. The number of hydrogen-bond acceptors (Lipinski definition) is 5. The van der Waals surface area contributed by atoms with Crippen molar-refractivity contribution < 1.29 is 24.2 Å². The fraction of sp³-hybridized carbons (Fsp3) is 0.727. The van der Waals surface area contributed by atoms with Crippen LogP contribution < -0.4 is 16.4 Å². The Bertz CT molecular complexity index is 337. The standard InChI is InChI=1S/C11H22N4O5/c1-15(5-6-20-2)4-3-13-11(19)14-8(10(17)18)7-9(12)16/h8H,3-7H2,1-2H3,(H2,12,16)(H,17,18)(H2,13,14,19)/t8-/m1/s1. The number of methoxy groups -OCH3 is 1. The number of urea groups is 1. The van der Waals surface area contributed by atoms with Gasteiger partial charge in [-0.15, -0.1) is 0 Å². The average Bonchev–Trinajstić information content (AvgIpc) is 2.34. The molecule has 3 amide bonds. The molecular weight excluding hydrogens is 268 g/mol. The SMILES string of the molecule is COCCN(C)CCNC(=O)N[C@H](CC(N)=O)C(=O)O. The molecule has 0 unspecified atom stereocenters. The maximum atomic E-state index is 11.5. The second-order valence-corrected chi connectivity index (χ2v) is 4.26. The molecule has 0 saturated carbocycles. The van der Waals surface area contributed by atoms with E-state index in [-0.39, 0.29) is 0 Å². The number of ether oxygens (including phenoxy) is 1. The number of nitrogens with one attached hydrogen (secondary N) is 2. The van der Waals surface area contributed by atoms with Crippen LogP contribution in [0, 0.1) is 0 Å². The molecule has 0 heterocycles. The number of amides is 3. The zero-order valence-electron chi connectivity index (χ0n) is 11.7. The van der Waals surface area contributed by atoms with Crippen molar-refractivity contribution in [3.63, 3.8) is 0 Å². The lowest BCUT2D eigenvalue weighted by Crippen LogP contribution is -2.48. The molecule has 0 aromatic rings. The van der Waals surface area contributed by atoms with Gasteiger partial charge in [0.05, 0.1) is 13.0 Å². The van der Waals surface area contributed by atoms with Gasteiger partial charge in [0.25, 0.3) is 0 Å². The first-order valence-electron chi connectivity index (χ1n) is 6.09. The van der Waals surface area contributed by atoms with Crippen LogP contribution in [0.1, 0.15) is 6.42 Å². The van der Waals surface area contributed by atoms with E-state index >= 15 is 0 Å². The Hall–Kier alpha value is -1.87. The Morgan fingerprint density at radius 3 is 2.50 bits per heavy atom. The lowest BCUT2D eigenvalue weighted by molar-refractivity contribution is -0.140. The van der Waals surface area contributed by atoms with E-state index in [9.17, 15) is 14.4 Å². The summed E-state index contributed by atoms with van der Waals surface area (Å²) in [6, 6.07) is -1.97. The monoisotopic (exact) mass is 290 g/mol. The highest BCUT2D eigenvalue weighted by atomic mass is 16.5. The van der Waals surface area contributed by atoms with Crippen molar-refractivity contribution >= 4 is 17.9 Å². The molecule has 0 radical (unpaired) electrons. The Labute approximate surface area is 117 Å². The van der Waals surface area contributed by atoms with Gasteiger partial charge in [-0.25, -0.2) is 9.59 Å². The van der Waals surface area contributed by atoms with Gasteiger partial charge in [0.2, 0.25) is 5.91 Å². The van der Waals surface area contributed by atoms with Crippen LogP contribution in [0.3, 0.4) is 0 Å². The summed E-state index contributed by atoms with van der Waals surface area (Å²) in [5, 5.41) is 13.5. The van der Waals surface area contributed by atoms with E-state index < -0.39 is 30.4 Å². The fourth-order valence-corrected chi connectivity index (χ4v) is 1.33. The van der Waals surface area contributed by atoms with Crippen LogP contribution in [0.5, 0.6) is 0 Å². The van der Waals surface area contributed by atoms with Crippen LogP contribution in [0.15, 0.2) is 0 Å². The van der Waals surface area contributed by atoms with Crippen LogP contribution in [0.4, 0.5) is 4.79 Å². The van der Waals surface area contributed by atoms with Crippen LogP contribution >= 0.6 is 0 Å². The molecule has 0 bridgehead atoms. The molecule has 0 aliphatic carbocycles. The minimum atomic E-state index is -1.32. The molecule has 0 saturated heterocycles. The number of aliphatic carboxylic acids is 1. The molecule has 20 heavy (non-hydrogen) atoms. The Morgan fingerprint density at radius 1 is 1.35 bits per heavy atom. The third-order valence-corrected chi connectivity index (χ3v) is 2.46. The summed E-state index contributed by atoms with van der Waals surface area (Å²) in [5.74, 6) is -2.10. The summed E-state index contributed by atoms with van der Waals surface area (Å²) in [4.78, 5) is 34.9. The first kappa shape index (κ1) is 18.1. The van der Waals surface area contributed by atoms with E-state index in [2.05, 4.69) is 10.6 Å². The number of rotatable bonds is 10. The molecule has 0 aromatic heterocycles. The van der Waals surface area contributed by atoms with Crippen molar-refractivity contribution in [3.05, 3.63) is 0 Å². The third-order valence-electron chi connectivity index (χ3n) is 2.46. The first-order valence-corrected chi connectivity index (χ1v) is 6.09. The Morgan fingerprint density at radius 2 is 2.00 bits per heavy atom. The summed E-state index contributed by atoms with van der Waals surface area (Å²) >= 11 is 0. The first-order chi connectivity index (χ1) is 9.36. The second kappa shape index (κ2) is 9.98. The largest absolute Gasteiger partial charge is 0.480 e. The molecule has 0 spiro atoms. The number of carbonyl (C=O) groups is 3. The normalized spacial score (nSPS) is 11.9. The van der Waals surface area contributed by atoms with Gasteiger partial charge in [0.1, 0.15) is 6.04 Å². The summed E-state index contributed by atoms with van der Waals surface area (Å²) < 4.78 is 4.91. The lowest BCUT2D eigenvalue weighted by atomic mass is 10.2. The molecule has 5 N–H and O–H groups in total. The molecule has 0 aliphatic rings. The van der Waals surface area contributed by atoms with Gasteiger partial charge in [0, 0.05) is 26.7 Å². The van der Waals surface area contributed by atoms with Crippen molar-refractivity contribution in [3.8, 4) is 0 Å². The zero-order chi connectivity index (χ0) is 15.5. The van der Waals surface area contributed by atoms with Gasteiger partial charge in [-0.05, 0) is 7.05 Å². The zero-order valence-corrected chi connectivity index (χ0v) is 11.7. The lowest BCUT2D eigenvalue weighted by Gasteiger charge is -2.17. The number of nitrogens with zero attached hydrogens (tertiary/aromatic N) is 1. The minimum Gasteiger partial charge on any atom is -0.480 e. The summed E-state index contributed by atoms with van der Waals surface area (Å²) in [7, 11) is 3.47. The number of carbonyl (C=O) groups excluding carboxylic acids is 2. The highest BCUT2D eigenvalue weighted by Crippen LogP contribution is 1.91. The molecule has 0 aliphatic heterocycles. The Balaban J connectivity index is 3.96. The minimum absolute atomic E-state index is 0.342. The van der Waals surface area contributed by atoms with E-state index in [0.717, 1.165) is 6.54 Å². The van der Waals surface area contributed by atoms with Crippen LogP contribution in [-0.2, 0) is 14.3 Å². The quantitative estimate of drug-likeness (QED) is 0.375. The van der Waals surface area contributed by atoms with E-state index in [0.29, 0.717) is 19.7 Å². The molecule has 116 valence electrons. The van der Waals surface area contributed by atoms with Crippen LogP contribution in [0.25, 0.3) is 0 Å². The number of carboxylic acids is 1. The summed E-state index contributed by atoms with van der Waals surface area (Å²) in [5.41, 5.74) is 4.90. The van der Waals surface area contributed by atoms with E-state index in [1.165, 1.54) is 0 Å². The van der Waals surface area contributed by atoms with E-state index in [1.54, 1.807) is 7.11 Å². The highest BCUT2D eigenvalue weighted by molar-refractivity contribution is 5.87. The van der Waals surface area contributed by atoms with Crippen molar-refractivity contribution in [2.24, 2.45) is 5.73 Å². The molecule has 0 fully saturated rings. The number of primary amides is 1. The molecule has 0 aromatic carbocycles. The fourth-order valence-electron chi connectivity index (χ4n) is 1.33. The van der Waals surface area contributed by atoms with Crippen molar-refractivity contribution in [1.82, 2.24) is 15.5 Å². The molecule has 1 atom stereocenters. The second-order valence-electron chi connectivity index (χ2n) is 4.26. The van der Waals surface area contributed by atoms with Crippen LogP contribution in [0.2, 0.25) is 0 Å².